The highest BCUT2D eigenvalue weighted by Gasteiger charge is 2.22. The summed E-state index contributed by atoms with van der Waals surface area (Å²) in [5.74, 6) is -1.64. The summed E-state index contributed by atoms with van der Waals surface area (Å²) in [4.78, 5) is 22.1. The van der Waals surface area contributed by atoms with Crippen LogP contribution in [0.1, 0.15) is 9.80 Å². The normalized spacial score (nSPS) is 12.4. The fourth-order valence-electron chi connectivity index (χ4n) is 1.18. The molecule has 0 aliphatic rings. The number of hydrogen-bond acceptors (Lipinski definition) is 6. The molecule has 0 aromatic carbocycles. The van der Waals surface area contributed by atoms with Gasteiger partial charge in [-0.25, -0.2) is 23.5 Å². The Hall–Kier alpha value is -2.23. The molecule has 1 atom stereocenters. The molecule has 10 heteroatoms. The van der Waals surface area contributed by atoms with Crippen molar-refractivity contribution >= 4 is 17.3 Å². The molecule has 2 aromatic rings. The minimum absolute atomic E-state index is 0.147. The number of thiazole rings is 1. The van der Waals surface area contributed by atoms with Crippen molar-refractivity contribution in [2.45, 2.75) is 12.8 Å². The van der Waals surface area contributed by atoms with Crippen LogP contribution >= 0.6 is 11.3 Å². The highest BCUT2D eigenvalue weighted by molar-refractivity contribution is 7.16. The highest BCUT2D eigenvalue weighted by Crippen LogP contribution is 2.25. The molecular formula is C10H6F3N3O3S. The molecule has 0 aliphatic heterocycles. The average Bonchev–Trinajstić information content (AvgIpc) is 2.88. The molecule has 0 spiro atoms. The lowest BCUT2D eigenvalue weighted by Gasteiger charge is -2.09. The largest absolute Gasteiger partial charge is 0.476 e. The molecule has 0 bridgehead atoms. The number of alkyl halides is 3. The summed E-state index contributed by atoms with van der Waals surface area (Å²) in [7, 11) is 0. The van der Waals surface area contributed by atoms with Gasteiger partial charge in [0.15, 0.2) is 0 Å². The van der Waals surface area contributed by atoms with E-state index in [1.54, 1.807) is 0 Å². The van der Waals surface area contributed by atoms with Crippen LogP contribution in [0.3, 0.4) is 0 Å². The molecule has 106 valence electrons. The zero-order chi connectivity index (χ0) is 14.7. The van der Waals surface area contributed by atoms with Gasteiger partial charge in [-0.15, -0.1) is 11.3 Å². The molecule has 2 heterocycles. The van der Waals surface area contributed by atoms with Crippen LogP contribution in [-0.2, 0) is 0 Å². The van der Waals surface area contributed by atoms with E-state index in [1.807, 2.05) is 0 Å². The first-order valence-corrected chi connectivity index (χ1v) is 5.89. The van der Waals surface area contributed by atoms with Gasteiger partial charge in [0.05, 0.1) is 17.3 Å². The summed E-state index contributed by atoms with van der Waals surface area (Å²) in [6, 6.07) is 0. The summed E-state index contributed by atoms with van der Waals surface area (Å²) >= 11 is 0.817. The van der Waals surface area contributed by atoms with Crippen molar-refractivity contribution in [3.63, 3.8) is 0 Å². The fraction of sp³-hybridized carbons (Fsp3) is 0.200. The molecule has 1 unspecified atom stereocenters. The van der Waals surface area contributed by atoms with Gasteiger partial charge in [-0.1, -0.05) is 0 Å². The van der Waals surface area contributed by atoms with E-state index in [-0.39, 0.29) is 10.7 Å². The fourth-order valence-corrected chi connectivity index (χ4v) is 1.89. The Bertz CT molecular complexity index is 623. The maximum absolute atomic E-state index is 12.7. The Labute approximate surface area is 113 Å². The zero-order valence-electron chi connectivity index (χ0n) is 9.53. The first-order chi connectivity index (χ1) is 9.47. The number of carboxylic acid groups (broad SMARTS) is 1. The van der Waals surface area contributed by atoms with E-state index in [4.69, 9.17) is 5.11 Å². The molecule has 0 saturated heterocycles. The van der Waals surface area contributed by atoms with Crippen molar-refractivity contribution in [1.29, 1.82) is 0 Å². The number of carbonyl (C=O) groups is 1. The lowest BCUT2D eigenvalue weighted by Crippen LogP contribution is -2.20. The Kier molecular flexibility index (Phi) is 4.13. The quantitative estimate of drug-likeness (QED) is 0.912. The summed E-state index contributed by atoms with van der Waals surface area (Å²) in [6.45, 7) is 0. The summed E-state index contributed by atoms with van der Waals surface area (Å²) in [6.07, 6.45) is -2.65. The van der Waals surface area contributed by atoms with Crippen LogP contribution in [0, 0.1) is 0 Å². The first-order valence-electron chi connectivity index (χ1n) is 5.08. The third kappa shape index (κ3) is 3.20. The van der Waals surface area contributed by atoms with Gasteiger partial charge in [0.25, 0.3) is 6.36 Å². The molecular weight excluding hydrogens is 299 g/mol. The summed E-state index contributed by atoms with van der Waals surface area (Å²) < 4.78 is 41.0. The van der Waals surface area contributed by atoms with Gasteiger partial charge in [0.1, 0.15) is 5.69 Å². The van der Waals surface area contributed by atoms with Gasteiger partial charge in [-0.3, -0.25) is 4.98 Å². The summed E-state index contributed by atoms with van der Waals surface area (Å²) in [5, 5.41) is 8.57. The van der Waals surface area contributed by atoms with E-state index in [0.29, 0.717) is 4.88 Å². The van der Waals surface area contributed by atoms with E-state index in [9.17, 15) is 18.0 Å². The van der Waals surface area contributed by atoms with Gasteiger partial charge in [0, 0.05) is 6.20 Å². The molecule has 0 aliphatic carbocycles. The third-order valence-electron chi connectivity index (χ3n) is 1.98. The Morgan fingerprint density at radius 1 is 1.30 bits per heavy atom. The minimum atomic E-state index is -3.30. The van der Waals surface area contributed by atoms with E-state index in [2.05, 4.69) is 19.7 Å². The maximum Gasteiger partial charge on any atom is 0.365 e. The summed E-state index contributed by atoms with van der Waals surface area (Å²) in [5.41, 5.74) is 0.147. The average molecular weight is 305 g/mol. The van der Waals surface area contributed by atoms with Gasteiger partial charge in [0.2, 0.25) is 10.9 Å². The van der Waals surface area contributed by atoms with Gasteiger partial charge in [-0.05, 0) is 0 Å². The zero-order valence-corrected chi connectivity index (χ0v) is 10.4. The van der Waals surface area contributed by atoms with Gasteiger partial charge < -0.3 is 9.84 Å². The maximum atomic E-state index is 12.7. The molecule has 20 heavy (non-hydrogen) atoms. The van der Waals surface area contributed by atoms with Crippen LogP contribution in [0.25, 0.3) is 10.6 Å². The number of ether oxygens (including phenoxy) is 1. The number of halogens is 3. The standard InChI is InChI=1S/C10H6F3N3O3S/c11-7(12)8(13)19-6-3-14-1-4(16-6)5-2-15-9(20-5)10(17)18/h1-3,7-8H,(H,17,18). The number of nitrogens with zero attached hydrogens (tertiary/aromatic N) is 3. The van der Waals surface area contributed by atoms with E-state index < -0.39 is 24.6 Å². The van der Waals surface area contributed by atoms with Crippen LogP contribution in [0.5, 0.6) is 5.88 Å². The first kappa shape index (κ1) is 14.2. The van der Waals surface area contributed by atoms with Crippen molar-refractivity contribution < 1.29 is 27.8 Å². The molecule has 6 nitrogen and oxygen atoms in total. The lowest BCUT2D eigenvalue weighted by molar-refractivity contribution is -0.0691. The second-order valence-corrected chi connectivity index (χ2v) is 4.41. The van der Waals surface area contributed by atoms with E-state index >= 15 is 0 Å². The van der Waals surface area contributed by atoms with E-state index in [0.717, 1.165) is 17.5 Å². The molecule has 0 amide bonds. The topological polar surface area (TPSA) is 85.2 Å². The monoisotopic (exact) mass is 305 g/mol. The van der Waals surface area contributed by atoms with E-state index in [1.165, 1.54) is 12.4 Å². The van der Waals surface area contributed by atoms with Crippen molar-refractivity contribution in [3.8, 4) is 16.5 Å². The number of carboxylic acids is 1. The van der Waals surface area contributed by atoms with Crippen LogP contribution in [-0.4, -0.2) is 38.8 Å². The van der Waals surface area contributed by atoms with Crippen LogP contribution < -0.4 is 4.74 Å². The minimum Gasteiger partial charge on any atom is -0.476 e. The molecule has 0 fully saturated rings. The molecule has 2 aromatic heterocycles. The second kappa shape index (κ2) is 5.82. The lowest BCUT2D eigenvalue weighted by atomic mass is 10.4. The molecule has 1 N–H and O–H groups in total. The van der Waals surface area contributed by atoms with Crippen molar-refractivity contribution in [2.75, 3.05) is 0 Å². The Balaban J connectivity index is 2.22. The Morgan fingerprint density at radius 3 is 2.65 bits per heavy atom. The van der Waals surface area contributed by atoms with Gasteiger partial charge in [-0.2, -0.15) is 4.39 Å². The SMILES string of the molecule is O=C(O)c1ncc(-c2cncc(OC(F)C(F)F)n2)s1. The predicted molar refractivity (Wildman–Crippen MR) is 61.6 cm³/mol. The number of rotatable bonds is 5. The molecule has 0 saturated carbocycles. The third-order valence-corrected chi connectivity index (χ3v) is 2.99. The predicted octanol–water partition coefficient (Wildman–Crippen LogP) is 2.24. The highest BCUT2D eigenvalue weighted by atomic mass is 32.1. The molecule has 0 radical (unpaired) electrons. The van der Waals surface area contributed by atoms with Crippen LogP contribution in [0.15, 0.2) is 18.6 Å². The second-order valence-electron chi connectivity index (χ2n) is 3.38. The van der Waals surface area contributed by atoms with Gasteiger partial charge >= 0.3 is 12.4 Å². The number of hydrogen-bond donors (Lipinski definition) is 1. The number of aromatic carboxylic acids is 1. The van der Waals surface area contributed by atoms with Crippen molar-refractivity contribution in [1.82, 2.24) is 15.0 Å². The van der Waals surface area contributed by atoms with Crippen LogP contribution in [0.2, 0.25) is 0 Å². The van der Waals surface area contributed by atoms with Crippen molar-refractivity contribution in [3.05, 3.63) is 23.6 Å². The van der Waals surface area contributed by atoms with Crippen molar-refractivity contribution in [2.24, 2.45) is 0 Å². The number of aromatic nitrogens is 3. The van der Waals surface area contributed by atoms with Crippen LogP contribution in [0.4, 0.5) is 13.2 Å². The molecule has 2 rings (SSSR count). The smallest absolute Gasteiger partial charge is 0.365 e. The Morgan fingerprint density at radius 2 is 2.05 bits per heavy atom.